The van der Waals surface area contributed by atoms with Gasteiger partial charge in [-0.05, 0) is 212 Å². The third-order valence-corrected chi connectivity index (χ3v) is 20.8. The number of likely N-dealkylation sites (tertiary alicyclic amines) is 2. The van der Waals surface area contributed by atoms with E-state index in [0.29, 0.717) is 105 Å². The zero-order valence-corrected chi connectivity index (χ0v) is 55.9. The largest absolute Gasteiger partial charge is 0.444 e. The lowest BCUT2D eigenvalue weighted by molar-refractivity contribution is -0.191. The fourth-order valence-corrected chi connectivity index (χ4v) is 16.5. The Morgan fingerprint density at radius 2 is 0.867 bits per heavy atom. The summed E-state index contributed by atoms with van der Waals surface area (Å²) in [6.07, 6.45) is 2.41. The molecular weight excluding hydrogens is 1330 g/mol. The van der Waals surface area contributed by atoms with Crippen LogP contribution in [0.3, 0.4) is 0 Å². The first-order valence-electron chi connectivity index (χ1n) is 33.1. The van der Waals surface area contributed by atoms with Crippen molar-refractivity contribution in [2.45, 2.75) is 173 Å². The summed E-state index contributed by atoms with van der Waals surface area (Å²) in [7, 11) is 0. The molecule has 27 heteroatoms. The molecule has 3 saturated heterocycles. The van der Waals surface area contributed by atoms with Crippen molar-refractivity contribution in [3.8, 4) is 0 Å². The molecule has 9 aliphatic rings. The Balaban J connectivity index is 0.000000186. The topological polar surface area (TPSA) is 202 Å². The molecule has 4 N–H and O–H groups in total. The number of alkyl halides is 9. The summed E-state index contributed by atoms with van der Waals surface area (Å²) in [5, 5.41) is 24.9. The highest BCUT2D eigenvalue weighted by molar-refractivity contribution is 5.95. The molecule has 0 radical (unpaired) electrons. The lowest BCUT2D eigenvalue weighted by Crippen LogP contribution is -2.39. The van der Waals surface area contributed by atoms with Crippen molar-refractivity contribution in [1.29, 1.82) is 0 Å². The molecule has 6 fully saturated rings. The highest BCUT2D eigenvalue weighted by Crippen LogP contribution is 2.52. The van der Waals surface area contributed by atoms with Gasteiger partial charge >= 0.3 is 30.8 Å². The molecule has 4 aliphatic heterocycles. The molecule has 15 rings (SSSR count). The van der Waals surface area contributed by atoms with Gasteiger partial charge in [-0.15, -0.1) is 24.8 Å². The fraction of sp³-hybridized carbons (Fsp3) is 0.563. The Labute approximate surface area is 578 Å². The maximum Gasteiger partial charge on any atom is 0.416 e. The smallest absolute Gasteiger partial charge is 0.416 e. The summed E-state index contributed by atoms with van der Waals surface area (Å²) in [4.78, 5) is 59.6. The van der Waals surface area contributed by atoms with E-state index in [1.807, 2.05) is 30.6 Å². The van der Waals surface area contributed by atoms with Crippen molar-refractivity contribution < 1.29 is 69.6 Å². The summed E-state index contributed by atoms with van der Waals surface area (Å²) in [6, 6.07) is 17.9. The molecule has 3 aromatic carbocycles. The van der Waals surface area contributed by atoms with Crippen LogP contribution >= 0.6 is 24.8 Å². The van der Waals surface area contributed by atoms with Crippen molar-refractivity contribution in [3.63, 3.8) is 0 Å². The summed E-state index contributed by atoms with van der Waals surface area (Å²) in [5.41, 5.74) is 7.03. The highest BCUT2D eigenvalue weighted by atomic mass is 35.5. The van der Waals surface area contributed by atoms with E-state index in [0.717, 1.165) is 117 Å². The molecule has 5 aliphatic carbocycles. The van der Waals surface area contributed by atoms with E-state index >= 15 is 0 Å². The number of hydrogen-bond acceptors (Lipinski definition) is 10. The van der Waals surface area contributed by atoms with Gasteiger partial charge in [-0.3, -0.25) is 24.9 Å². The number of aryl methyl sites for hydroxylation is 2. The number of carbonyl (C=O) groups is 3. The second kappa shape index (κ2) is 32.0. The quantitative estimate of drug-likeness (QED) is 0.120. The maximum atomic E-state index is 13.4. The number of ether oxygens (including phenoxy) is 1. The minimum Gasteiger partial charge on any atom is -0.444 e. The Bertz CT molecular complexity index is 3550. The van der Waals surface area contributed by atoms with Crippen LogP contribution in [0.1, 0.15) is 200 Å². The van der Waals surface area contributed by atoms with Crippen molar-refractivity contribution in [2.75, 3.05) is 45.8 Å². The molecule has 98 heavy (non-hydrogen) atoms. The number of halogens is 11. The number of aromatic amines is 3. The van der Waals surface area contributed by atoms with Gasteiger partial charge < -0.3 is 24.8 Å². The van der Waals surface area contributed by atoms with Crippen LogP contribution in [0.25, 0.3) is 0 Å². The standard InChI is InChI=1S/2C22H24F3N3O.C14H16F3N.C11H17N3O2.CO2.CH4.2ClH.H2/c2*23-22(24,25)18-7-3-1-5-16(18)13-9-14-11-28(12-15(14)10-13)21(29)20-17-6-2-4-8-19(17)26-27-20;15-14(16,17)13-4-2-1-3-12(13)9-5-10-7-18-8-11(10)6-9;1-11(2,3)16-10(15)14-5-4-9-8(7-14)6-12-13-9;2-1-3;;;;/h2*1,3,5,7,13-15H,2,4,6,8-12H2,(H,26,27);1-4,9-11,18H,5-8H2;6H,4-5,7H2,1-3H3,(H,12,13);;1H4;3*1H/t2*13?,14-,15+;9?,10-,11+;;;;;;. The molecule has 3 saturated carbocycles. The Kier molecular flexibility index (Phi) is 25.0. The number of carbonyl (C=O) groups excluding carboxylic acids is 5. The number of nitrogens with zero attached hydrogens (tertiary/aromatic N) is 6. The normalized spacial score (nSPS) is 24.1. The van der Waals surface area contributed by atoms with Gasteiger partial charge in [-0.25, -0.2) is 4.79 Å². The number of amides is 3. The lowest BCUT2D eigenvalue weighted by atomic mass is 9.91. The Morgan fingerprint density at radius 1 is 0.510 bits per heavy atom. The van der Waals surface area contributed by atoms with Gasteiger partial charge in [-0.1, -0.05) is 62.0 Å². The molecule has 3 aromatic heterocycles. The minimum absolute atomic E-state index is 0. The van der Waals surface area contributed by atoms with Crippen molar-refractivity contribution >= 4 is 48.9 Å². The summed E-state index contributed by atoms with van der Waals surface area (Å²) in [6.45, 7) is 11.3. The molecule has 6 aromatic rings. The number of fused-ring (bicyclic) bond motifs is 6. The SMILES string of the molecule is C.CC(C)(C)OC(=O)N1CCc2[nH]ncc2C1.Cl.Cl.FC(F)(F)c1ccccc1C1C[C@H]2CNC[C@H]2C1.O=C(c1n[nH]c2c1CCCC2)N1C[C@H]2CC(c3ccccc3C(F)(F)F)C[C@H]2C1.O=C(c1n[nH]c2c1CCCC2)N1C[C@H]2CC(c3ccccc3C(F)(F)F)C[C@H]2C1.O=C=O.[HH]. The van der Waals surface area contributed by atoms with E-state index < -0.39 is 40.8 Å². The third-order valence-electron chi connectivity index (χ3n) is 20.8. The van der Waals surface area contributed by atoms with E-state index in [1.54, 1.807) is 47.5 Å². The van der Waals surface area contributed by atoms with E-state index in [1.165, 1.54) is 36.4 Å². The highest BCUT2D eigenvalue weighted by Gasteiger charge is 2.48. The molecule has 0 bridgehead atoms. The summed E-state index contributed by atoms with van der Waals surface area (Å²) in [5.74, 6) is 2.06. The van der Waals surface area contributed by atoms with Crippen LogP contribution in [-0.2, 0) is 71.5 Å². The number of aromatic nitrogens is 6. The number of benzene rings is 3. The number of H-pyrrole nitrogens is 3. The minimum atomic E-state index is -4.32. The van der Waals surface area contributed by atoms with Gasteiger partial charge in [0.05, 0.1) is 29.4 Å². The van der Waals surface area contributed by atoms with Crippen LogP contribution in [0, 0.1) is 35.5 Å². The second-order valence-electron chi connectivity index (χ2n) is 28.0. The van der Waals surface area contributed by atoms with Crippen LogP contribution in [-0.4, -0.2) is 121 Å². The van der Waals surface area contributed by atoms with Crippen molar-refractivity contribution in [3.05, 3.63) is 158 Å². The first-order valence-corrected chi connectivity index (χ1v) is 33.1. The molecule has 7 heterocycles. The fourth-order valence-electron chi connectivity index (χ4n) is 16.5. The summed E-state index contributed by atoms with van der Waals surface area (Å²) < 4.78 is 125. The number of hydrogen-bond donors (Lipinski definition) is 4. The Hall–Kier alpha value is -7.21. The van der Waals surface area contributed by atoms with Gasteiger partial charge in [-0.2, -0.15) is 64.4 Å². The van der Waals surface area contributed by atoms with Crippen molar-refractivity contribution in [1.82, 2.24) is 50.6 Å². The molecule has 0 spiro atoms. The maximum absolute atomic E-state index is 13.4. The van der Waals surface area contributed by atoms with Crippen LogP contribution in [0.2, 0.25) is 0 Å². The van der Waals surface area contributed by atoms with Gasteiger partial charge in [0.15, 0.2) is 11.4 Å². The second-order valence-corrected chi connectivity index (χ2v) is 28.0. The lowest BCUT2D eigenvalue weighted by Gasteiger charge is -2.29. The van der Waals surface area contributed by atoms with Crippen LogP contribution in [0.5, 0.6) is 0 Å². The average molecular weight is 1420 g/mol. The molecule has 536 valence electrons. The monoisotopic (exact) mass is 1420 g/mol. The molecule has 3 unspecified atom stereocenters. The Morgan fingerprint density at radius 3 is 1.23 bits per heavy atom. The number of rotatable bonds is 5. The van der Waals surface area contributed by atoms with Crippen LogP contribution in [0.15, 0.2) is 79.0 Å². The van der Waals surface area contributed by atoms with E-state index in [4.69, 9.17) is 14.3 Å². The average Bonchev–Trinajstić information content (AvgIpc) is 1.61. The van der Waals surface area contributed by atoms with E-state index in [2.05, 4.69) is 35.9 Å². The van der Waals surface area contributed by atoms with Gasteiger partial charge in [0.1, 0.15) is 5.60 Å². The van der Waals surface area contributed by atoms with Gasteiger partial charge in [0.2, 0.25) is 0 Å². The molecule has 9 atom stereocenters. The predicted molar refractivity (Wildman–Crippen MR) is 354 cm³/mol. The van der Waals surface area contributed by atoms with E-state index in [-0.39, 0.29) is 99.2 Å². The third kappa shape index (κ3) is 17.5. The van der Waals surface area contributed by atoms with Crippen LogP contribution < -0.4 is 5.32 Å². The molecule has 3 amide bonds. The van der Waals surface area contributed by atoms with E-state index in [9.17, 15) is 53.9 Å². The van der Waals surface area contributed by atoms with Crippen molar-refractivity contribution in [2.24, 2.45) is 35.5 Å². The zero-order chi connectivity index (χ0) is 67.6. The molecule has 16 nitrogen and oxygen atoms in total. The first kappa shape index (κ1) is 76.5. The van der Waals surface area contributed by atoms with Crippen LogP contribution in [0.4, 0.5) is 44.3 Å². The first-order chi connectivity index (χ1) is 45.3. The van der Waals surface area contributed by atoms with Gasteiger partial charge in [0, 0.05) is 74.3 Å². The number of nitrogens with one attached hydrogen (secondary N) is 4. The van der Waals surface area contributed by atoms with Gasteiger partial charge in [0.25, 0.3) is 11.8 Å². The summed E-state index contributed by atoms with van der Waals surface area (Å²) >= 11 is 0. The zero-order valence-electron chi connectivity index (χ0n) is 54.3. The molecular formula is C71H89Cl2F9N10O6. The predicted octanol–water partition coefficient (Wildman–Crippen LogP) is 15.4.